The first kappa shape index (κ1) is 11.2. The summed E-state index contributed by atoms with van der Waals surface area (Å²) in [4.78, 5) is 0. The van der Waals surface area contributed by atoms with Gasteiger partial charge in [0.05, 0.1) is 6.20 Å². The van der Waals surface area contributed by atoms with E-state index >= 15 is 0 Å². The van der Waals surface area contributed by atoms with Crippen molar-refractivity contribution in [3.63, 3.8) is 0 Å². The Morgan fingerprint density at radius 2 is 2.43 bits per heavy atom. The lowest BCUT2D eigenvalue weighted by atomic mass is 10.2. The third-order valence-corrected chi connectivity index (χ3v) is 2.32. The molecule has 1 atom stereocenters. The molecular weight excluding hydrogens is 178 g/mol. The molecule has 0 aliphatic heterocycles. The maximum absolute atomic E-state index is 4.99. The number of hydrogen-bond acceptors (Lipinski definition) is 3. The Hall–Kier alpha value is -0.870. The first-order valence-corrected chi connectivity index (χ1v) is 4.96. The van der Waals surface area contributed by atoms with E-state index in [-0.39, 0.29) is 0 Å². The molecule has 4 heteroatoms. The molecule has 1 aromatic heterocycles. The van der Waals surface area contributed by atoms with Gasteiger partial charge < -0.3 is 10.1 Å². The lowest BCUT2D eigenvalue weighted by Gasteiger charge is -2.05. The van der Waals surface area contributed by atoms with Crippen molar-refractivity contribution in [3.05, 3.63) is 18.0 Å². The quantitative estimate of drug-likeness (QED) is 0.696. The smallest absolute Gasteiger partial charge is 0.0537 e. The molecule has 14 heavy (non-hydrogen) atoms. The van der Waals surface area contributed by atoms with Gasteiger partial charge in [-0.1, -0.05) is 0 Å². The summed E-state index contributed by atoms with van der Waals surface area (Å²) in [5.74, 6) is 0. The van der Waals surface area contributed by atoms with Gasteiger partial charge in [0.25, 0.3) is 0 Å². The van der Waals surface area contributed by atoms with Gasteiger partial charge in [-0.25, -0.2) is 0 Å². The van der Waals surface area contributed by atoms with E-state index in [2.05, 4.69) is 23.5 Å². The molecule has 1 N–H and O–H groups in total. The van der Waals surface area contributed by atoms with E-state index in [1.807, 2.05) is 17.9 Å². The number of rotatable bonds is 6. The van der Waals surface area contributed by atoms with E-state index in [4.69, 9.17) is 4.74 Å². The second-order valence-corrected chi connectivity index (χ2v) is 3.39. The highest BCUT2D eigenvalue weighted by molar-refractivity contribution is 5.08. The van der Waals surface area contributed by atoms with E-state index in [1.165, 1.54) is 5.56 Å². The van der Waals surface area contributed by atoms with Gasteiger partial charge >= 0.3 is 0 Å². The fourth-order valence-electron chi connectivity index (χ4n) is 1.26. The van der Waals surface area contributed by atoms with Crippen molar-refractivity contribution in [2.75, 3.05) is 20.8 Å². The molecule has 0 fully saturated rings. The van der Waals surface area contributed by atoms with E-state index in [0.29, 0.717) is 6.04 Å². The molecular formula is C10H19N3O. The largest absolute Gasteiger partial charge is 0.385 e. The summed E-state index contributed by atoms with van der Waals surface area (Å²) in [5.41, 5.74) is 1.23. The molecule has 0 spiro atoms. The van der Waals surface area contributed by atoms with E-state index in [1.54, 1.807) is 7.11 Å². The van der Waals surface area contributed by atoms with Crippen LogP contribution in [0.4, 0.5) is 0 Å². The van der Waals surface area contributed by atoms with Gasteiger partial charge in [0.2, 0.25) is 0 Å². The Kier molecular flexibility index (Phi) is 4.62. The molecule has 1 unspecified atom stereocenters. The summed E-state index contributed by atoms with van der Waals surface area (Å²) in [5, 5.41) is 7.46. The Morgan fingerprint density at radius 1 is 1.64 bits per heavy atom. The van der Waals surface area contributed by atoms with E-state index in [9.17, 15) is 0 Å². The van der Waals surface area contributed by atoms with Crippen LogP contribution in [0.15, 0.2) is 12.4 Å². The summed E-state index contributed by atoms with van der Waals surface area (Å²) in [7, 11) is 3.67. The molecule has 1 heterocycles. The number of nitrogens with one attached hydrogen (secondary N) is 1. The first-order chi connectivity index (χ1) is 6.77. The normalized spacial score (nSPS) is 13.1. The lowest BCUT2D eigenvalue weighted by molar-refractivity contribution is 0.189. The van der Waals surface area contributed by atoms with Gasteiger partial charge in [0.15, 0.2) is 0 Å². The molecule has 0 bridgehead atoms. The zero-order chi connectivity index (χ0) is 10.4. The average molecular weight is 197 g/mol. The van der Waals surface area contributed by atoms with Crippen LogP contribution in [0, 0.1) is 0 Å². The number of ether oxygens (including phenoxy) is 1. The second-order valence-electron chi connectivity index (χ2n) is 3.39. The predicted octanol–water partition coefficient (Wildman–Crippen LogP) is 1.20. The highest BCUT2D eigenvalue weighted by Crippen LogP contribution is 2.09. The highest BCUT2D eigenvalue weighted by atomic mass is 16.5. The van der Waals surface area contributed by atoms with Crippen molar-refractivity contribution in [2.45, 2.75) is 25.9 Å². The van der Waals surface area contributed by atoms with Crippen LogP contribution in [0.5, 0.6) is 0 Å². The molecule has 0 aromatic carbocycles. The third kappa shape index (κ3) is 3.12. The molecule has 0 amide bonds. The maximum Gasteiger partial charge on any atom is 0.0537 e. The van der Waals surface area contributed by atoms with Crippen molar-refractivity contribution in [1.82, 2.24) is 15.1 Å². The summed E-state index contributed by atoms with van der Waals surface area (Å²) >= 11 is 0. The SMILES string of the molecule is CNC(C)c1cnn(CCCOC)c1. The van der Waals surface area contributed by atoms with Gasteiger partial charge in [-0.2, -0.15) is 5.10 Å². The van der Waals surface area contributed by atoms with Crippen LogP contribution in [0.25, 0.3) is 0 Å². The summed E-state index contributed by atoms with van der Waals surface area (Å²) in [6, 6.07) is 0.367. The Labute approximate surface area is 85.3 Å². The van der Waals surface area contributed by atoms with Crippen LogP contribution in [-0.2, 0) is 11.3 Å². The number of aryl methyl sites for hydroxylation is 1. The monoisotopic (exact) mass is 197 g/mol. The Balaban J connectivity index is 2.42. The van der Waals surface area contributed by atoms with Crippen LogP contribution in [0.1, 0.15) is 24.9 Å². The topological polar surface area (TPSA) is 39.1 Å². The van der Waals surface area contributed by atoms with Gasteiger partial charge in [0, 0.05) is 38.1 Å². The van der Waals surface area contributed by atoms with Crippen LogP contribution < -0.4 is 5.32 Å². The number of methoxy groups -OCH3 is 1. The number of nitrogens with zero attached hydrogens (tertiary/aromatic N) is 2. The molecule has 0 saturated heterocycles. The first-order valence-electron chi connectivity index (χ1n) is 4.96. The zero-order valence-electron chi connectivity index (χ0n) is 9.16. The molecule has 0 aliphatic carbocycles. The molecule has 4 nitrogen and oxygen atoms in total. The van der Waals surface area contributed by atoms with Crippen molar-refractivity contribution < 1.29 is 4.74 Å². The van der Waals surface area contributed by atoms with Crippen LogP contribution in [0.3, 0.4) is 0 Å². The molecule has 1 aromatic rings. The Bertz CT molecular complexity index is 260. The van der Waals surface area contributed by atoms with Crippen LogP contribution in [-0.4, -0.2) is 30.5 Å². The second kappa shape index (κ2) is 5.78. The van der Waals surface area contributed by atoms with Crippen molar-refractivity contribution >= 4 is 0 Å². The molecule has 0 radical (unpaired) electrons. The highest BCUT2D eigenvalue weighted by Gasteiger charge is 2.04. The third-order valence-electron chi connectivity index (χ3n) is 2.32. The van der Waals surface area contributed by atoms with E-state index < -0.39 is 0 Å². The van der Waals surface area contributed by atoms with Gasteiger partial charge in [-0.3, -0.25) is 4.68 Å². The number of aromatic nitrogens is 2. The van der Waals surface area contributed by atoms with Crippen molar-refractivity contribution in [2.24, 2.45) is 0 Å². The van der Waals surface area contributed by atoms with E-state index in [0.717, 1.165) is 19.6 Å². The minimum atomic E-state index is 0.367. The summed E-state index contributed by atoms with van der Waals surface area (Å²) < 4.78 is 6.95. The summed E-state index contributed by atoms with van der Waals surface area (Å²) in [6.07, 6.45) is 5.00. The minimum Gasteiger partial charge on any atom is -0.385 e. The fraction of sp³-hybridized carbons (Fsp3) is 0.700. The predicted molar refractivity (Wildman–Crippen MR) is 56.2 cm³/mol. The summed E-state index contributed by atoms with van der Waals surface area (Å²) in [6.45, 7) is 3.83. The standard InChI is InChI=1S/C10H19N3O/c1-9(11-2)10-7-12-13(8-10)5-4-6-14-3/h7-9,11H,4-6H2,1-3H3. The average Bonchev–Trinajstić information content (AvgIpc) is 2.66. The van der Waals surface area contributed by atoms with Crippen molar-refractivity contribution in [3.8, 4) is 0 Å². The van der Waals surface area contributed by atoms with Gasteiger partial charge in [-0.05, 0) is 20.4 Å². The number of hydrogen-bond donors (Lipinski definition) is 1. The molecule has 0 saturated carbocycles. The maximum atomic E-state index is 4.99. The lowest BCUT2D eigenvalue weighted by Crippen LogP contribution is -2.11. The molecule has 1 rings (SSSR count). The molecule has 0 aliphatic rings. The van der Waals surface area contributed by atoms with Crippen LogP contribution >= 0.6 is 0 Å². The van der Waals surface area contributed by atoms with Crippen molar-refractivity contribution in [1.29, 1.82) is 0 Å². The fourth-order valence-corrected chi connectivity index (χ4v) is 1.26. The van der Waals surface area contributed by atoms with Crippen LogP contribution in [0.2, 0.25) is 0 Å². The van der Waals surface area contributed by atoms with Gasteiger partial charge in [-0.15, -0.1) is 0 Å². The van der Waals surface area contributed by atoms with Gasteiger partial charge in [0.1, 0.15) is 0 Å². The Morgan fingerprint density at radius 3 is 3.07 bits per heavy atom. The zero-order valence-corrected chi connectivity index (χ0v) is 9.16. The molecule has 80 valence electrons. The minimum absolute atomic E-state index is 0.367.